The first kappa shape index (κ1) is 23.9. The van der Waals surface area contributed by atoms with Gasteiger partial charge in [-0.25, -0.2) is 0 Å². The molecule has 35 heavy (non-hydrogen) atoms. The average Bonchev–Trinajstić information content (AvgIpc) is 2.88. The number of amides is 2. The summed E-state index contributed by atoms with van der Waals surface area (Å²) in [5, 5.41) is 18.1. The van der Waals surface area contributed by atoms with Crippen molar-refractivity contribution in [3.63, 3.8) is 0 Å². The minimum absolute atomic E-state index is 0.0592. The maximum atomic E-state index is 13.3. The van der Waals surface area contributed by atoms with E-state index in [4.69, 9.17) is 4.74 Å². The number of methoxy groups -OCH3 is 1. The van der Waals surface area contributed by atoms with Gasteiger partial charge in [-0.05, 0) is 30.3 Å². The number of alkyl halides is 3. The van der Waals surface area contributed by atoms with Crippen LogP contribution in [0, 0.1) is 0 Å². The van der Waals surface area contributed by atoms with Gasteiger partial charge in [-0.3, -0.25) is 9.59 Å². The molecule has 10 nitrogen and oxygen atoms in total. The van der Waals surface area contributed by atoms with E-state index in [1.165, 1.54) is 42.3 Å². The molecule has 0 radical (unpaired) electrons. The molecule has 0 unspecified atom stereocenters. The van der Waals surface area contributed by atoms with Gasteiger partial charge in [0.1, 0.15) is 0 Å². The Morgan fingerprint density at radius 1 is 0.914 bits per heavy atom. The Hall–Kier alpha value is -4.29. The predicted octanol–water partition coefficient (Wildman–Crippen LogP) is 2.51. The van der Waals surface area contributed by atoms with Crippen LogP contribution in [0.15, 0.2) is 48.5 Å². The fourth-order valence-electron chi connectivity index (χ4n) is 3.52. The quantitative estimate of drug-likeness (QED) is 0.584. The molecule has 1 aliphatic rings. The van der Waals surface area contributed by atoms with Gasteiger partial charge in [-0.1, -0.05) is 12.1 Å². The third-order valence-corrected chi connectivity index (χ3v) is 5.33. The number of aromatic nitrogens is 4. The summed E-state index contributed by atoms with van der Waals surface area (Å²) in [5.41, 5.74) is -1.26. The van der Waals surface area contributed by atoms with Crippen molar-refractivity contribution in [1.82, 2.24) is 25.3 Å². The number of rotatable bonds is 5. The van der Waals surface area contributed by atoms with Crippen molar-refractivity contribution < 1.29 is 27.5 Å². The van der Waals surface area contributed by atoms with Crippen LogP contribution in [0.25, 0.3) is 0 Å². The zero-order valence-electron chi connectivity index (χ0n) is 18.5. The van der Waals surface area contributed by atoms with E-state index in [1.807, 2.05) is 4.90 Å². The Kier molecular flexibility index (Phi) is 6.75. The lowest BCUT2D eigenvalue weighted by Crippen LogP contribution is -2.49. The zero-order chi connectivity index (χ0) is 25.0. The molecule has 3 aromatic rings. The molecule has 13 heteroatoms. The highest BCUT2D eigenvalue weighted by Crippen LogP contribution is 2.32. The third-order valence-electron chi connectivity index (χ3n) is 5.33. The van der Waals surface area contributed by atoms with Crippen LogP contribution in [0.3, 0.4) is 0 Å². The number of piperazine rings is 1. The molecule has 2 aromatic heterocycles. The van der Waals surface area contributed by atoms with Crippen LogP contribution < -0.4 is 15.0 Å². The minimum atomic E-state index is -4.61. The second-order valence-corrected chi connectivity index (χ2v) is 7.51. The monoisotopic (exact) mass is 487 g/mol. The molecule has 182 valence electrons. The van der Waals surface area contributed by atoms with Crippen LogP contribution in [0.2, 0.25) is 0 Å². The van der Waals surface area contributed by atoms with Crippen LogP contribution in [-0.4, -0.2) is 70.4 Å². The number of nitrogens with zero attached hydrogens (tertiary/aromatic N) is 6. The van der Waals surface area contributed by atoms with E-state index < -0.39 is 23.6 Å². The largest absolute Gasteiger partial charge is 0.480 e. The van der Waals surface area contributed by atoms with Gasteiger partial charge in [-0.15, -0.1) is 20.4 Å². The molecule has 1 saturated heterocycles. The highest BCUT2D eigenvalue weighted by molar-refractivity contribution is 6.02. The number of carbonyl (C=O) groups is 2. The van der Waals surface area contributed by atoms with Crippen LogP contribution in [0.5, 0.6) is 5.88 Å². The van der Waals surface area contributed by atoms with E-state index in [1.54, 1.807) is 12.1 Å². The molecule has 1 N–H and O–H groups in total. The Morgan fingerprint density at radius 3 is 2.26 bits per heavy atom. The molecule has 1 fully saturated rings. The molecule has 0 aliphatic carbocycles. The average molecular weight is 487 g/mol. The molecule has 2 amide bonds. The first-order valence-corrected chi connectivity index (χ1v) is 10.5. The van der Waals surface area contributed by atoms with Gasteiger partial charge in [0.25, 0.3) is 11.8 Å². The van der Waals surface area contributed by atoms with Gasteiger partial charge in [0.05, 0.1) is 18.2 Å². The van der Waals surface area contributed by atoms with E-state index in [2.05, 4.69) is 25.7 Å². The van der Waals surface area contributed by atoms with Crippen molar-refractivity contribution in [3.05, 3.63) is 65.4 Å². The Balaban J connectivity index is 1.36. The molecule has 0 atom stereocenters. The van der Waals surface area contributed by atoms with Crippen molar-refractivity contribution >= 4 is 23.5 Å². The summed E-state index contributed by atoms with van der Waals surface area (Å²) in [6, 6.07) is 10.9. The van der Waals surface area contributed by atoms with E-state index in [0.29, 0.717) is 24.8 Å². The molecular formula is C22H20F3N7O3. The highest BCUT2D eigenvalue weighted by atomic mass is 19.4. The molecular weight excluding hydrogens is 467 g/mol. The van der Waals surface area contributed by atoms with E-state index >= 15 is 0 Å². The third kappa shape index (κ3) is 5.45. The lowest BCUT2D eigenvalue weighted by Gasteiger charge is -2.35. The zero-order valence-corrected chi connectivity index (χ0v) is 18.5. The number of nitrogens with one attached hydrogen (secondary N) is 1. The number of halogens is 3. The van der Waals surface area contributed by atoms with Crippen LogP contribution in [0.4, 0.5) is 24.8 Å². The number of hydrogen-bond donors (Lipinski definition) is 1. The van der Waals surface area contributed by atoms with Crippen molar-refractivity contribution in [3.8, 4) is 5.88 Å². The summed E-state index contributed by atoms with van der Waals surface area (Å²) < 4.78 is 44.7. The molecule has 4 rings (SSSR count). The fourth-order valence-corrected chi connectivity index (χ4v) is 3.52. The second kappa shape index (κ2) is 9.91. The first-order chi connectivity index (χ1) is 16.8. The van der Waals surface area contributed by atoms with Crippen LogP contribution in [0.1, 0.15) is 26.4 Å². The number of benzene rings is 1. The van der Waals surface area contributed by atoms with Gasteiger partial charge in [0.2, 0.25) is 5.88 Å². The van der Waals surface area contributed by atoms with Crippen molar-refractivity contribution in [2.24, 2.45) is 0 Å². The molecule has 0 saturated carbocycles. The van der Waals surface area contributed by atoms with Gasteiger partial charge in [0, 0.05) is 32.2 Å². The van der Waals surface area contributed by atoms with Gasteiger partial charge in [-0.2, -0.15) is 13.2 Å². The lowest BCUT2D eigenvalue weighted by molar-refractivity contribution is -0.138. The molecule has 0 bridgehead atoms. The summed E-state index contributed by atoms with van der Waals surface area (Å²) in [6.45, 7) is 1.12. The van der Waals surface area contributed by atoms with E-state index in [-0.39, 0.29) is 30.2 Å². The summed E-state index contributed by atoms with van der Waals surface area (Å²) >= 11 is 0. The van der Waals surface area contributed by atoms with Crippen LogP contribution in [-0.2, 0) is 6.18 Å². The summed E-state index contributed by atoms with van der Waals surface area (Å²) in [5.74, 6) is -0.193. The first-order valence-electron chi connectivity index (χ1n) is 10.5. The fraction of sp³-hybridized carbons (Fsp3) is 0.273. The topological polar surface area (TPSA) is 113 Å². The SMILES string of the molecule is COc1ccc(NC(=O)c2ccc(N3CCN(C(=O)c4ccccc4C(F)(F)F)CC3)nn2)nn1. The Bertz CT molecular complexity index is 1200. The minimum Gasteiger partial charge on any atom is -0.480 e. The Labute approximate surface area is 197 Å². The smallest absolute Gasteiger partial charge is 0.417 e. The van der Waals surface area contributed by atoms with E-state index in [9.17, 15) is 22.8 Å². The maximum Gasteiger partial charge on any atom is 0.417 e. The number of anilines is 2. The van der Waals surface area contributed by atoms with Gasteiger partial charge < -0.3 is 19.9 Å². The molecule has 0 spiro atoms. The molecule has 3 heterocycles. The normalized spacial score (nSPS) is 13.9. The van der Waals surface area contributed by atoms with E-state index in [0.717, 1.165) is 6.07 Å². The highest BCUT2D eigenvalue weighted by Gasteiger charge is 2.36. The standard InChI is InChI=1S/C22H20F3N7O3/c1-35-19-9-7-17(28-30-19)26-20(33)16-6-8-18(29-27-16)31-10-12-32(13-11-31)21(34)14-4-2-3-5-15(14)22(23,24)25/h2-9H,10-13H2,1H3,(H,26,28,33). The maximum absolute atomic E-state index is 13.3. The number of hydrogen-bond acceptors (Lipinski definition) is 8. The van der Waals surface area contributed by atoms with Crippen molar-refractivity contribution in [2.75, 3.05) is 43.5 Å². The summed E-state index contributed by atoms with van der Waals surface area (Å²) in [4.78, 5) is 28.3. The number of ether oxygens (including phenoxy) is 1. The summed E-state index contributed by atoms with van der Waals surface area (Å²) in [6.07, 6.45) is -4.61. The molecule has 1 aliphatic heterocycles. The predicted molar refractivity (Wildman–Crippen MR) is 118 cm³/mol. The van der Waals surface area contributed by atoms with Crippen molar-refractivity contribution in [2.45, 2.75) is 6.18 Å². The summed E-state index contributed by atoms with van der Waals surface area (Å²) in [7, 11) is 1.45. The van der Waals surface area contributed by atoms with Gasteiger partial charge in [0.15, 0.2) is 17.3 Å². The Morgan fingerprint density at radius 2 is 1.66 bits per heavy atom. The van der Waals surface area contributed by atoms with Crippen LogP contribution >= 0.6 is 0 Å². The lowest BCUT2D eigenvalue weighted by atomic mass is 10.1. The molecule has 1 aromatic carbocycles. The van der Waals surface area contributed by atoms with Crippen molar-refractivity contribution in [1.29, 1.82) is 0 Å². The van der Waals surface area contributed by atoms with Gasteiger partial charge >= 0.3 is 6.18 Å². The second-order valence-electron chi connectivity index (χ2n) is 7.51. The number of carbonyl (C=O) groups excluding carboxylic acids is 2.